The Morgan fingerprint density at radius 2 is 2.14 bits per heavy atom. The molecule has 0 saturated carbocycles. The van der Waals surface area contributed by atoms with Crippen molar-refractivity contribution >= 4 is 17.5 Å². The molecule has 2 rings (SSSR count). The van der Waals surface area contributed by atoms with Crippen LogP contribution in [0.2, 0.25) is 0 Å². The van der Waals surface area contributed by atoms with Crippen LogP contribution in [0.3, 0.4) is 0 Å². The third-order valence-corrected chi connectivity index (χ3v) is 2.82. The first-order chi connectivity index (χ1) is 10.5. The first-order valence-electron chi connectivity index (χ1n) is 6.62. The van der Waals surface area contributed by atoms with Gasteiger partial charge < -0.3 is 10.4 Å². The highest BCUT2D eigenvalue weighted by molar-refractivity contribution is 5.87. The number of carbonyl (C=O) groups is 1. The van der Waals surface area contributed by atoms with E-state index in [9.17, 15) is 14.9 Å². The molecule has 1 aromatic carbocycles. The number of aromatic carboxylic acids is 1. The fourth-order valence-electron chi connectivity index (χ4n) is 1.79. The number of hydrogen-bond acceptors (Lipinski definition) is 6. The van der Waals surface area contributed by atoms with Crippen LogP contribution in [-0.2, 0) is 0 Å². The van der Waals surface area contributed by atoms with Crippen LogP contribution in [0.4, 0.5) is 11.5 Å². The number of nitro benzene ring substituents is 1. The van der Waals surface area contributed by atoms with Gasteiger partial charge in [-0.2, -0.15) is 0 Å². The number of nitrogens with zero attached hydrogens (tertiary/aromatic N) is 3. The van der Waals surface area contributed by atoms with Gasteiger partial charge in [-0.15, -0.1) is 0 Å². The number of rotatable bonds is 6. The molecule has 0 unspecified atom stereocenters. The average Bonchev–Trinajstić information content (AvgIpc) is 2.52. The van der Waals surface area contributed by atoms with E-state index in [1.165, 1.54) is 24.3 Å². The maximum Gasteiger partial charge on any atom is 0.354 e. The first kappa shape index (κ1) is 15.4. The van der Waals surface area contributed by atoms with Crippen molar-refractivity contribution in [2.45, 2.75) is 13.3 Å². The molecule has 1 heterocycles. The molecule has 22 heavy (non-hydrogen) atoms. The summed E-state index contributed by atoms with van der Waals surface area (Å²) in [6.45, 7) is 2.60. The van der Waals surface area contributed by atoms with E-state index in [2.05, 4.69) is 15.3 Å². The molecule has 0 atom stereocenters. The molecule has 0 amide bonds. The Balaban J connectivity index is 2.48. The molecular weight excluding hydrogens is 288 g/mol. The molecule has 2 aromatic rings. The molecule has 0 aliphatic carbocycles. The number of hydrogen-bond donors (Lipinski definition) is 2. The quantitative estimate of drug-likeness (QED) is 0.621. The number of benzene rings is 1. The monoisotopic (exact) mass is 302 g/mol. The molecule has 2 N–H and O–H groups in total. The lowest BCUT2D eigenvalue weighted by Crippen LogP contribution is -2.08. The van der Waals surface area contributed by atoms with Crippen LogP contribution < -0.4 is 5.32 Å². The van der Waals surface area contributed by atoms with Crippen LogP contribution in [0.15, 0.2) is 30.3 Å². The van der Waals surface area contributed by atoms with Crippen LogP contribution in [0.5, 0.6) is 0 Å². The van der Waals surface area contributed by atoms with Crippen molar-refractivity contribution in [3.05, 3.63) is 46.1 Å². The molecular formula is C14H14N4O4. The minimum Gasteiger partial charge on any atom is -0.477 e. The van der Waals surface area contributed by atoms with Gasteiger partial charge in [-0.05, 0) is 6.42 Å². The second-order valence-corrected chi connectivity index (χ2v) is 4.50. The highest BCUT2D eigenvalue weighted by atomic mass is 16.6. The van der Waals surface area contributed by atoms with Crippen LogP contribution in [0.25, 0.3) is 11.4 Å². The van der Waals surface area contributed by atoms with Gasteiger partial charge in [0, 0.05) is 30.3 Å². The van der Waals surface area contributed by atoms with Gasteiger partial charge in [0.1, 0.15) is 5.82 Å². The van der Waals surface area contributed by atoms with Crippen molar-refractivity contribution in [1.82, 2.24) is 9.97 Å². The molecule has 0 fully saturated rings. The van der Waals surface area contributed by atoms with Gasteiger partial charge in [0.2, 0.25) is 0 Å². The number of aromatic nitrogens is 2. The lowest BCUT2D eigenvalue weighted by molar-refractivity contribution is -0.384. The molecule has 0 aliphatic heterocycles. The molecule has 0 radical (unpaired) electrons. The van der Waals surface area contributed by atoms with Crippen LogP contribution in [-0.4, -0.2) is 32.5 Å². The third-order valence-electron chi connectivity index (χ3n) is 2.82. The Morgan fingerprint density at radius 3 is 2.77 bits per heavy atom. The topological polar surface area (TPSA) is 118 Å². The average molecular weight is 302 g/mol. The molecule has 0 aliphatic rings. The van der Waals surface area contributed by atoms with Crippen molar-refractivity contribution in [3.8, 4) is 11.4 Å². The predicted octanol–water partition coefficient (Wildman–Crippen LogP) is 2.57. The Hall–Kier alpha value is -3.03. The third kappa shape index (κ3) is 3.54. The first-order valence-corrected chi connectivity index (χ1v) is 6.62. The Kier molecular flexibility index (Phi) is 4.62. The van der Waals surface area contributed by atoms with E-state index in [1.807, 2.05) is 6.92 Å². The van der Waals surface area contributed by atoms with E-state index < -0.39 is 10.9 Å². The van der Waals surface area contributed by atoms with Gasteiger partial charge in [0.15, 0.2) is 11.5 Å². The molecule has 1 aromatic heterocycles. The van der Waals surface area contributed by atoms with Gasteiger partial charge in [-0.25, -0.2) is 14.8 Å². The number of anilines is 1. The summed E-state index contributed by atoms with van der Waals surface area (Å²) in [5.74, 6) is -0.688. The lowest BCUT2D eigenvalue weighted by atomic mass is 10.2. The van der Waals surface area contributed by atoms with Gasteiger partial charge in [0.25, 0.3) is 5.69 Å². The predicted molar refractivity (Wildman–Crippen MR) is 79.9 cm³/mol. The second kappa shape index (κ2) is 6.61. The highest BCUT2D eigenvalue weighted by Crippen LogP contribution is 2.22. The fraction of sp³-hybridized carbons (Fsp3) is 0.214. The summed E-state index contributed by atoms with van der Waals surface area (Å²) in [7, 11) is 0. The number of carboxylic acid groups (broad SMARTS) is 1. The standard InChI is InChI=1S/C14H14N4O4/c1-2-6-15-12-8-11(14(19)20)16-13(17-12)9-4-3-5-10(7-9)18(21)22/h3-5,7-8H,2,6H2,1H3,(H,19,20)(H,15,16,17). The summed E-state index contributed by atoms with van der Waals surface area (Å²) < 4.78 is 0. The normalized spacial score (nSPS) is 10.2. The summed E-state index contributed by atoms with van der Waals surface area (Å²) in [5, 5.41) is 22.9. The number of carboxylic acids is 1. The van der Waals surface area contributed by atoms with Crippen LogP contribution in [0, 0.1) is 10.1 Å². The van der Waals surface area contributed by atoms with Gasteiger partial charge in [0.05, 0.1) is 4.92 Å². The van der Waals surface area contributed by atoms with E-state index >= 15 is 0 Å². The van der Waals surface area contributed by atoms with Crippen molar-refractivity contribution in [2.75, 3.05) is 11.9 Å². The van der Waals surface area contributed by atoms with E-state index in [0.717, 1.165) is 6.42 Å². The SMILES string of the molecule is CCCNc1cc(C(=O)O)nc(-c2cccc([N+](=O)[O-])c2)n1. The molecule has 0 saturated heterocycles. The van der Waals surface area contributed by atoms with Crippen molar-refractivity contribution < 1.29 is 14.8 Å². The zero-order chi connectivity index (χ0) is 16.1. The summed E-state index contributed by atoms with van der Waals surface area (Å²) >= 11 is 0. The molecule has 114 valence electrons. The summed E-state index contributed by atoms with van der Waals surface area (Å²) in [6, 6.07) is 7.09. The van der Waals surface area contributed by atoms with Crippen molar-refractivity contribution in [3.63, 3.8) is 0 Å². The lowest BCUT2D eigenvalue weighted by Gasteiger charge is -2.08. The second-order valence-electron chi connectivity index (χ2n) is 4.50. The number of non-ortho nitro benzene ring substituents is 1. The Labute approximate surface area is 126 Å². The Bertz CT molecular complexity index is 718. The maximum absolute atomic E-state index is 11.2. The van der Waals surface area contributed by atoms with Crippen LogP contribution in [0.1, 0.15) is 23.8 Å². The van der Waals surface area contributed by atoms with Crippen molar-refractivity contribution in [1.29, 1.82) is 0 Å². The summed E-state index contributed by atoms with van der Waals surface area (Å²) in [5.41, 5.74) is 0.108. The van der Waals surface area contributed by atoms with Crippen LogP contribution >= 0.6 is 0 Å². The van der Waals surface area contributed by atoms with Gasteiger partial charge in [-0.3, -0.25) is 10.1 Å². The largest absolute Gasteiger partial charge is 0.477 e. The van der Waals surface area contributed by atoms with E-state index in [0.29, 0.717) is 17.9 Å². The van der Waals surface area contributed by atoms with E-state index in [4.69, 9.17) is 5.11 Å². The molecule has 0 bridgehead atoms. The van der Waals surface area contributed by atoms with E-state index in [-0.39, 0.29) is 17.2 Å². The fourth-order valence-corrected chi connectivity index (χ4v) is 1.79. The minimum absolute atomic E-state index is 0.107. The van der Waals surface area contributed by atoms with Gasteiger partial charge >= 0.3 is 5.97 Å². The maximum atomic E-state index is 11.2. The van der Waals surface area contributed by atoms with E-state index in [1.54, 1.807) is 6.07 Å². The zero-order valence-electron chi connectivity index (χ0n) is 11.8. The molecule has 0 spiro atoms. The van der Waals surface area contributed by atoms with Crippen molar-refractivity contribution in [2.24, 2.45) is 0 Å². The number of nitrogens with one attached hydrogen (secondary N) is 1. The number of nitro groups is 1. The Morgan fingerprint density at radius 1 is 1.36 bits per heavy atom. The molecule has 8 heteroatoms. The minimum atomic E-state index is -1.19. The molecule has 8 nitrogen and oxygen atoms in total. The smallest absolute Gasteiger partial charge is 0.354 e. The van der Waals surface area contributed by atoms with Gasteiger partial charge in [-0.1, -0.05) is 19.1 Å². The summed E-state index contributed by atoms with van der Waals surface area (Å²) in [4.78, 5) is 29.6. The summed E-state index contributed by atoms with van der Waals surface area (Å²) in [6.07, 6.45) is 0.846. The zero-order valence-corrected chi connectivity index (χ0v) is 11.8. The highest BCUT2D eigenvalue weighted by Gasteiger charge is 2.14.